The molecule has 0 atom stereocenters. The van der Waals surface area contributed by atoms with Crippen molar-refractivity contribution >= 4 is 23.4 Å². The van der Waals surface area contributed by atoms with Crippen molar-refractivity contribution in [2.24, 2.45) is 5.73 Å². The molecule has 1 aliphatic heterocycles. The molecular formula is C19H23ClN6O2. The normalized spacial score (nSPS) is 18.2. The quantitative estimate of drug-likeness (QED) is 0.761. The molecule has 1 aromatic heterocycles. The summed E-state index contributed by atoms with van der Waals surface area (Å²) >= 11 is 6.32. The van der Waals surface area contributed by atoms with E-state index in [0.29, 0.717) is 10.9 Å². The first-order valence-electron chi connectivity index (χ1n) is 9.54. The SMILES string of the molecule is NC(=O)CN1CCC(NC(=O)c2nc(C3CC3)n(-c3ccccc3Cl)n2)CC1. The lowest BCUT2D eigenvalue weighted by Gasteiger charge is -2.31. The van der Waals surface area contributed by atoms with Gasteiger partial charge in [-0.05, 0) is 37.8 Å². The minimum Gasteiger partial charge on any atom is -0.369 e. The topological polar surface area (TPSA) is 106 Å². The number of hydrogen-bond acceptors (Lipinski definition) is 5. The van der Waals surface area contributed by atoms with Crippen molar-refractivity contribution in [3.05, 3.63) is 40.9 Å². The summed E-state index contributed by atoms with van der Waals surface area (Å²) in [6.07, 6.45) is 3.62. The third-order valence-corrected chi connectivity index (χ3v) is 5.48. The van der Waals surface area contributed by atoms with Crippen molar-refractivity contribution < 1.29 is 9.59 Å². The number of primary amides is 1. The number of rotatable bonds is 6. The Labute approximate surface area is 168 Å². The van der Waals surface area contributed by atoms with Crippen LogP contribution >= 0.6 is 11.6 Å². The lowest BCUT2D eigenvalue weighted by atomic mass is 10.1. The van der Waals surface area contributed by atoms with Crippen LogP contribution in [0.4, 0.5) is 0 Å². The summed E-state index contributed by atoms with van der Waals surface area (Å²) < 4.78 is 1.70. The number of aromatic nitrogens is 3. The zero-order valence-corrected chi connectivity index (χ0v) is 16.2. The largest absolute Gasteiger partial charge is 0.369 e. The van der Waals surface area contributed by atoms with Crippen LogP contribution in [0.1, 0.15) is 48.0 Å². The second-order valence-corrected chi connectivity index (χ2v) is 7.83. The van der Waals surface area contributed by atoms with Gasteiger partial charge in [0, 0.05) is 25.0 Å². The number of carbonyl (C=O) groups is 2. The minimum absolute atomic E-state index is 0.0354. The van der Waals surface area contributed by atoms with E-state index in [9.17, 15) is 9.59 Å². The highest BCUT2D eigenvalue weighted by Gasteiger charge is 2.32. The van der Waals surface area contributed by atoms with Crippen LogP contribution < -0.4 is 11.1 Å². The van der Waals surface area contributed by atoms with Gasteiger partial charge < -0.3 is 11.1 Å². The first-order chi connectivity index (χ1) is 13.5. The number of para-hydroxylation sites is 1. The van der Waals surface area contributed by atoms with E-state index in [1.807, 2.05) is 23.1 Å². The number of likely N-dealkylation sites (tertiary alicyclic amines) is 1. The molecule has 9 heteroatoms. The average molecular weight is 403 g/mol. The highest BCUT2D eigenvalue weighted by molar-refractivity contribution is 6.32. The van der Waals surface area contributed by atoms with Crippen LogP contribution in [0.2, 0.25) is 5.02 Å². The van der Waals surface area contributed by atoms with Crippen LogP contribution in [0.3, 0.4) is 0 Å². The molecule has 2 amide bonds. The summed E-state index contributed by atoms with van der Waals surface area (Å²) in [5.41, 5.74) is 5.97. The molecule has 2 aromatic rings. The Morgan fingerprint density at radius 1 is 1.18 bits per heavy atom. The van der Waals surface area contributed by atoms with Crippen LogP contribution in [0, 0.1) is 0 Å². The van der Waals surface area contributed by atoms with E-state index in [0.717, 1.165) is 50.3 Å². The van der Waals surface area contributed by atoms with Gasteiger partial charge in [0.2, 0.25) is 11.7 Å². The fourth-order valence-corrected chi connectivity index (χ4v) is 3.75. The summed E-state index contributed by atoms with van der Waals surface area (Å²) in [6, 6.07) is 7.46. The van der Waals surface area contributed by atoms with Crippen molar-refractivity contribution in [3.8, 4) is 5.69 Å². The zero-order valence-electron chi connectivity index (χ0n) is 15.5. The lowest BCUT2D eigenvalue weighted by molar-refractivity contribution is -0.119. The molecule has 1 aliphatic carbocycles. The smallest absolute Gasteiger partial charge is 0.291 e. The van der Waals surface area contributed by atoms with E-state index in [4.69, 9.17) is 17.3 Å². The fourth-order valence-electron chi connectivity index (χ4n) is 3.53. The number of piperidine rings is 1. The van der Waals surface area contributed by atoms with E-state index < -0.39 is 0 Å². The van der Waals surface area contributed by atoms with E-state index in [1.54, 1.807) is 10.7 Å². The van der Waals surface area contributed by atoms with Crippen LogP contribution in [0.25, 0.3) is 5.69 Å². The third kappa shape index (κ3) is 4.18. The molecule has 3 N–H and O–H groups in total. The van der Waals surface area contributed by atoms with Gasteiger partial charge in [-0.2, -0.15) is 0 Å². The van der Waals surface area contributed by atoms with Gasteiger partial charge in [0.25, 0.3) is 5.91 Å². The Balaban J connectivity index is 1.46. The molecule has 0 radical (unpaired) electrons. The first-order valence-corrected chi connectivity index (χ1v) is 9.92. The second-order valence-electron chi connectivity index (χ2n) is 7.42. The maximum Gasteiger partial charge on any atom is 0.291 e. The van der Waals surface area contributed by atoms with Gasteiger partial charge in [0.1, 0.15) is 5.82 Å². The standard InChI is InChI=1S/C19H23ClN6O2/c20-14-3-1-2-4-15(14)26-18(12-5-6-12)23-17(24-26)19(28)22-13-7-9-25(10-8-13)11-16(21)27/h1-4,12-13H,5-11H2,(H2,21,27)(H,22,28). The summed E-state index contributed by atoms with van der Waals surface area (Å²) in [6.45, 7) is 1.71. The molecule has 28 heavy (non-hydrogen) atoms. The Bertz CT molecular complexity index is 886. The van der Waals surface area contributed by atoms with Crippen molar-refractivity contribution in [3.63, 3.8) is 0 Å². The van der Waals surface area contributed by atoms with Gasteiger partial charge in [0.05, 0.1) is 17.3 Å². The number of nitrogens with one attached hydrogen (secondary N) is 1. The Morgan fingerprint density at radius 3 is 2.54 bits per heavy atom. The van der Waals surface area contributed by atoms with E-state index >= 15 is 0 Å². The summed E-state index contributed by atoms with van der Waals surface area (Å²) in [7, 11) is 0. The minimum atomic E-state index is -0.329. The number of benzene rings is 1. The number of halogens is 1. The van der Waals surface area contributed by atoms with Crippen molar-refractivity contribution in [1.82, 2.24) is 25.0 Å². The molecule has 1 saturated heterocycles. The number of carbonyl (C=O) groups excluding carboxylic acids is 2. The third-order valence-electron chi connectivity index (χ3n) is 5.16. The molecule has 2 heterocycles. The number of nitrogens with zero attached hydrogens (tertiary/aromatic N) is 4. The van der Waals surface area contributed by atoms with E-state index in [2.05, 4.69) is 15.4 Å². The highest BCUT2D eigenvalue weighted by Crippen LogP contribution is 2.40. The maximum atomic E-state index is 12.7. The van der Waals surface area contributed by atoms with Crippen LogP contribution in [0.5, 0.6) is 0 Å². The summed E-state index contributed by atoms with van der Waals surface area (Å²) in [5.74, 6) is 0.670. The molecule has 2 aliphatic rings. The van der Waals surface area contributed by atoms with Crippen LogP contribution in [0.15, 0.2) is 24.3 Å². The monoisotopic (exact) mass is 402 g/mol. The number of nitrogens with two attached hydrogens (primary N) is 1. The summed E-state index contributed by atoms with van der Waals surface area (Å²) in [4.78, 5) is 30.3. The molecule has 0 spiro atoms. The first kappa shape index (κ1) is 18.9. The van der Waals surface area contributed by atoms with Gasteiger partial charge in [0.15, 0.2) is 0 Å². The summed E-state index contributed by atoms with van der Waals surface area (Å²) in [5, 5.41) is 8.05. The molecular weight excluding hydrogens is 380 g/mol. The highest BCUT2D eigenvalue weighted by atomic mass is 35.5. The van der Waals surface area contributed by atoms with E-state index in [1.165, 1.54) is 0 Å². The van der Waals surface area contributed by atoms with Crippen LogP contribution in [-0.4, -0.2) is 57.2 Å². The van der Waals surface area contributed by atoms with Gasteiger partial charge in [-0.3, -0.25) is 14.5 Å². The molecule has 4 rings (SSSR count). The van der Waals surface area contributed by atoms with Crippen molar-refractivity contribution in [1.29, 1.82) is 0 Å². The maximum absolute atomic E-state index is 12.7. The molecule has 8 nitrogen and oxygen atoms in total. The fraction of sp³-hybridized carbons (Fsp3) is 0.474. The molecule has 1 aromatic carbocycles. The Morgan fingerprint density at radius 2 is 1.89 bits per heavy atom. The zero-order chi connectivity index (χ0) is 19.7. The van der Waals surface area contributed by atoms with Crippen molar-refractivity contribution in [2.45, 2.75) is 37.6 Å². The second kappa shape index (κ2) is 7.89. The van der Waals surface area contributed by atoms with E-state index in [-0.39, 0.29) is 30.2 Å². The number of amides is 2. The van der Waals surface area contributed by atoms with Gasteiger partial charge >= 0.3 is 0 Å². The molecule has 148 valence electrons. The van der Waals surface area contributed by atoms with Crippen LogP contribution in [-0.2, 0) is 4.79 Å². The predicted molar refractivity (Wildman–Crippen MR) is 104 cm³/mol. The lowest BCUT2D eigenvalue weighted by Crippen LogP contribution is -2.46. The van der Waals surface area contributed by atoms with Crippen molar-refractivity contribution in [2.75, 3.05) is 19.6 Å². The Kier molecular flexibility index (Phi) is 5.32. The molecule has 0 unspecified atom stereocenters. The van der Waals surface area contributed by atoms with Gasteiger partial charge in [-0.15, -0.1) is 5.10 Å². The molecule has 2 fully saturated rings. The number of hydrogen-bond donors (Lipinski definition) is 2. The van der Waals surface area contributed by atoms with Gasteiger partial charge in [-0.1, -0.05) is 23.7 Å². The molecule has 0 bridgehead atoms. The predicted octanol–water partition coefficient (Wildman–Crippen LogP) is 1.48. The Hall–Kier alpha value is -2.45. The average Bonchev–Trinajstić information content (AvgIpc) is 3.42. The molecule has 1 saturated carbocycles. The van der Waals surface area contributed by atoms with Gasteiger partial charge in [-0.25, -0.2) is 9.67 Å².